The highest BCUT2D eigenvalue weighted by atomic mass is 32.1. The van der Waals surface area contributed by atoms with E-state index < -0.39 is 0 Å². The van der Waals surface area contributed by atoms with Crippen molar-refractivity contribution in [3.8, 4) is 5.69 Å². The topological polar surface area (TPSA) is 72.7 Å². The van der Waals surface area contributed by atoms with Crippen LogP contribution in [0.3, 0.4) is 0 Å². The average Bonchev–Trinajstić information content (AvgIpc) is 3.17. The van der Waals surface area contributed by atoms with E-state index in [0.29, 0.717) is 5.82 Å². The van der Waals surface area contributed by atoms with Crippen LogP contribution in [0.25, 0.3) is 5.69 Å². The summed E-state index contributed by atoms with van der Waals surface area (Å²) in [6.07, 6.45) is 5.91. The highest BCUT2D eigenvalue weighted by Crippen LogP contribution is 2.29. The molecule has 134 valence electrons. The van der Waals surface area contributed by atoms with Crippen LogP contribution < -0.4 is 5.32 Å². The Kier molecular flexibility index (Phi) is 4.55. The molecule has 0 saturated carbocycles. The van der Waals surface area contributed by atoms with Crippen LogP contribution in [0.2, 0.25) is 0 Å². The minimum Gasteiger partial charge on any atom is -0.321 e. The van der Waals surface area contributed by atoms with E-state index in [0.717, 1.165) is 34.7 Å². The maximum Gasteiger partial charge on any atom is 0.265 e. The number of nitrogens with one attached hydrogen (secondary N) is 1. The molecular weight excluding hydrogens is 346 g/mol. The van der Waals surface area contributed by atoms with Gasteiger partial charge < -0.3 is 5.32 Å². The van der Waals surface area contributed by atoms with Crippen molar-refractivity contribution in [2.45, 2.75) is 46.0 Å². The number of rotatable bonds is 3. The van der Waals surface area contributed by atoms with E-state index in [1.807, 2.05) is 32.0 Å². The fraction of sp³-hybridized carbons (Fsp3) is 0.368. The van der Waals surface area contributed by atoms with Gasteiger partial charge in [0.25, 0.3) is 5.91 Å². The predicted octanol–water partition coefficient (Wildman–Crippen LogP) is 3.86. The average molecular weight is 367 g/mol. The summed E-state index contributed by atoms with van der Waals surface area (Å²) in [6, 6.07) is 7.86. The Morgan fingerprint density at radius 1 is 1.15 bits per heavy atom. The number of hydrogen-bond donors (Lipinski definition) is 1. The first-order valence-corrected chi connectivity index (χ1v) is 9.72. The standard InChI is InChI=1S/C19H21N5OS/c1-12-8-9-15(11-16(12)24-13(2)21-22-23-24)20-19(25)18-10-14-6-4-3-5-7-17(14)26-18/h8-11H,3-7H2,1-2H3,(H,20,25). The van der Waals surface area contributed by atoms with Crippen molar-refractivity contribution in [3.05, 3.63) is 51.0 Å². The molecule has 2 aromatic heterocycles. The molecule has 1 amide bonds. The fourth-order valence-corrected chi connectivity index (χ4v) is 4.49. The third kappa shape index (κ3) is 3.26. The van der Waals surface area contributed by atoms with E-state index in [9.17, 15) is 4.79 Å². The van der Waals surface area contributed by atoms with Crippen LogP contribution in [0, 0.1) is 13.8 Å². The van der Waals surface area contributed by atoms with Crippen LogP contribution in [0.5, 0.6) is 0 Å². The summed E-state index contributed by atoms with van der Waals surface area (Å²) >= 11 is 1.63. The van der Waals surface area contributed by atoms with Crippen molar-refractivity contribution in [2.24, 2.45) is 0 Å². The summed E-state index contributed by atoms with van der Waals surface area (Å²) < 4.78 is 1.68. The quantitative estimate of drug-likeness (QED) is 0.714. The lowest BCUT2D eigenvalue weighted by molar-refractivity contribution is 0.103. The lowest BCUT2D eigenvalue weighted by Gasteiger charge is -2.10. The van der Waals surface area contributed by atoms with Crippen molar-refractivity contribution in [3.63, 3.8) is 0 Å². The number of aryl methyl sites for hydroxylation is 4. The van der Waals surface area contributed by atoms with Crippen molar-refractivity contribution in [1.82, 2.24) is 20.2 Å². The molecule has 3 aromatic rings. The number of carbonyl (C=O) groups excluding carboxylic acids is 1. The molecule has 0 atom stereocenters. The molecule has 0 saturated heterocycles. The number of benzene rings is 1. The van der Waals surface area contributed by atoms with Crippen LogP contribution in [-0.4, -0.2) is 26.1 Å². The number of nitrogens with zero attached hydrogens (tertiary/aromatic N) is 4. The van der Waals surface area contributed by atoms with Crippen LogP contribution >= 0.6 is 11.3 Å². The van der Waals surface area contributed by atoms with Crippen molar-refractivity contribution in [1.29, 1.82) is 0 Å². The number of tetrazole rings is 1. The smallest absolute Gasteiger partial charge is 0.265 e. The van der Waals surface area contributed by atoms with E-state index in [1.165, 1.54) is 29.7 Å². The lowest BCUT2D eigenvalue weighted by Crippen LogP contribution is -2.11. The molecule has 0 unspecified atom stereocenters. The second-order valence-electron chi connectivity index (χ2n) is 6.71. The van der Waals surface area contributed by atoms with Gasteiger partial charge in [-0.05, 0) is 79.3 Å². The fourth-order valence-electron chi connectivity index (χ4n) is 3.34. The van der Waals surface area contributed by atoms with Crippen LogP contribution in [0.1, 0.15) is 50.8 Å². The molecular formula is C19H21N5OS. The predicted molar refractivity (Wildman–Crippen MR) is 102 cm³/mol. The Morgan fingerprint density at radius 3 is 2.81 bits per heavy atom. The Morgan fingerprint density at radius 2 is 2.00 bits per heavy atom. The van der Waals surface area contributed by atoms with Crippen LogP contribution in [0.4, 0.5) is 5.69 Å². The molecule has 26 heavy (non-hydrogen) atoms. The summed E-state index contributed by atoms with van der Waals surface area (Å²) in [6.45, 7) is 3.85. The van der Waals surface area contributed by atoms with Crippen LogP contribution in [-0.2, 0) is 12.8 Å². The van der Waals surface area contributed by atoms with Crippen LogP contribution in [0.15, 0.2) is 24.3 Å². The molecule has 1 aliphatic carbocycles. The first-order valence-electron chi connectivity index (χ1n) is 8.91. The molecule has 1 aliphatic rings. The van der Waals surface area contributed by atoms with E-state index in [2.05, 4.69) is 26.9 Å². The molecule has 6 nitrogen and oxygen atoms in total. The number of thiophene rings is 1. The molecule has 2 heterocycles. The summed E-state index contributed by atoms with van der Waals surface area (Å²) in [5, 5.41) is 14.7. The van der Waals surface area contributed by atoms with E-state index in [1.54, 1.807) is 16.0 Å². The highest BCUT2D eigenvalue weighted by Gasteiger charge is 2.17. The van der Waals surface area contributed by atoms with Gasteiger partial charge in [0.2, 0.25) is 0 Å². The SMILES string of the molecule is Cc1ccc(NC(=O)c2cc3c(s2)CCCCC3)cc1-n1nnnc1C. The molecule has 1 N–H and O–H groups in total. The zero-order valence-electron chi connectivity index (χ0n) is 15.0. The van der Waals surface area contributed by atoms with Gasteiger partial charge in [-0.1, -0.05) is 12.5 Å². The molecule has 7 heteroatoms. The van der Waals surface area contributed by atoms with Gasteiger partial charge in [-0.3, -0.25) is 4.79 Å². The van der Waals surface area contributed by atoms with Gasteiger partial charge in [-0.2, -0.15) is 4.68 Å². The maximum absolute atomic E-state index is 12.7. The van der Waals surface area contributed by atoms with Gasteiger partial charge in [0, 0.05) is 10.6 Å². The second kappa shape index (κ2) is 6.99. The number of aromatic nitrogens is 4. The maximum atomic E-state index is 12.7. The number of hydrogen-bond acceptors (Lipinski definition) is 5. The minimum absolute atomic E-state index is 0.0497. The summed E-state index contributed by atoms with van der Waals surface area (Å²) in [5.74, 6) is 0.657. The van der Waals surface area contributed by atoms with Gasteiger partial charge in [0.05, 0.1) is 10.6 Å². The highest BCUT2D eigenvalue weighted by molar-refractivity contribution is 7.14. The molecule has 0 spiro atoms. The molecule has 0 aliphatic heterocycles. The third-order valence-corrected chi connectivity index (χ3v) is 6.03. The normalized spacial score (nSPS) is 13.9. The first kappa shape index (κ1) is 16.9. The monoisotopic (exact) mass is 367 g/mol. The Hall–Kier alpha value is -2.54. The minimum atomic E-state index is -0.0497. The Labute approximate surface area is 156 Å². The number of fused-ring (bicyclic) bond motifs is 1. The Balaban J connectivity index is 1.58. The molecule has 0 fully saturated rings. The molecule has 0 bridgehead atoms. The van der Waals surface area contributed by atoms with E-state index in [-0.39, 0.29) is 5.91 Å². The summed E-state index contributed by atoms with van der Waals surface area (Å²) in [4.78, 5) is 14.9. The largest absolute Gasteiger partial charge is 0.321 e. The van der Waals surface area contributed by atoms with Gasteiger partial charge in [0.1, 0.15) is 0 Å². The zero-order valence-corrected chi connectivity index (χ0v) is 15.8. The second-order valence-corrected chi connectivity index (χ2v) is 7.85. The van der Waals surface area contributed by atoms with Gasteiger partial charge in [-0.25, -0.2) is 0 Å². The van der Waals surface area contributed by atoms with Gasteiger partial charge in [0.15, 0.2) is 5.82 Å². The number of carbonyl (C=O) groups is 1. The summed E-state index contributed by atoms with van der Waals surface area (Å²) in [7, 11) is 0. The number of amides is 1. The van der Waals surface area contributed by atoms with E-state index in [4.69, 9.17) is 0 Å². The van der Waals surface area contributed by atoms with Crippen molar-refractivity contribution >= 4 is 22.9 Å². The first-order chi connectivity index (χ1) is 12.6. The van der Waals surface area contributed by atoms with Crippen molar-refractivity contribution < 1.29 is 4.79 Å². The van der Waals surface area contributed by atoms with Crippen molar-refractivity contribution in [2.75, 3.05) is 5.32 Å². The third-order valence-electron chi connectivity index (χ3n) is 4.79. The van der Waals surface area contributed by atoms with Gasteiger partial charge in [-0.15, -0.1) is 16.4 Å². The van der Waals surface area contributed by atoms with Gasteiger partial charge >= 0.3 is 0 Å². The molecule has 1 aromatic carbocycles. The van der Waals surface area contributed by atoms with E-state index >= 15 is 0 Å². The molecule has 0 radical (unpaired) electrons. The lowest BCUT2D eigenvalue weighted by atomic mass is 10.1. The Bertz CT molecular complexity index is 935. The summed E-state index contributed by atoms with van der Waals surface area (Å²) in [5.41, 5.74) is 4.01. The zero-order chi connectivity index (χ0) is 18.1. The number of anilines is 1. The molecule has 4 rings (SSSR count).